The lowest BCUT2D eigenvalue weighted by Gasteiger charge is -2.36. The molecule has 1 aromatic carbocycles. The Balaban J connectivity index is 1.79. The van der Waals surface area contributed by atoms with Gasteiger partial charge in [0.1, 0.15) is 0 Å². The van der Waals surface area contributed by atoms with Gasteiger partial charge in [-0.1, -0.05) is 23.2 Å². The van der Waals surface area contributed by atoms with Crippen LogP contribution in [-0.4, -0.2) is 29.6 Å². The number of rotatable bonds is 3. The van der Waals surface area contributed by atoms with E-state index in [1.54, 1.807) is 0 Å². The first kappa shape index (κ1) is 15.6. The predicted octanol–water partition coefficient (Wildman–Crippen LogP) is 4.35. The average molecular weight is 327 g/mol. The van der Waals surface area contributed by atoms with Gasteiger partial charge in [0.2, 0.25) is 0 Å². The van der Waals surface area contributed by atoms with Crippen LogP contribution in [0.25, 0.3) is 0 Å². The Labute approximate surface area is 137 Å². The largest absolute Gasteiger partial charge is 0.310 e. The number of benzene rings is 1. The standard InChI is InChI=1S/C17H24Cl2N2/c1-12-7-8-20-17(2,14-3-4-14)11-21(12)10-13-9-15(18)5-6-16(13)19/h5-6,9,12,14,20H,3-4,7-8,10-11H2,1-2H3. The third-order valence-corrected chi connectivity index (χ3v) is 5.71. The summed E-state index contributed by atoms with van der Waals surface area (Å²) in [5, 5.41) is 5.37. The normalized spacial score (nSPS) is 31.1. The second-order valence-electron chi connectivity index (χ2n) is 6.90. The molecule has 1 aromatic rings. The molecule has 3 rings (SSSR count). The highest BCUT2D eigenvalue weighted by Gasteiger charge is 2.43. The monoisotopic (exact) mass is 326 g/mol. The Morgan fingerprint density at radius 1 is 1.29 bits per heavy atom. The minimum absolute atomic E-state index is 0.246. The molecule has 2 aliphatic rings. The van der Waals surface area contributed by atoms with Crippen LogP contribution in [0.3, 0.4) is 0 Å². The van der Waals surface area contributed by atoms with Crippen LogP contribution in [0.2, 0.25) is 10.0 Å². The SMILES string of the molecule is CC1CCNC(C)(C2CC2)CN1Cc1cc(Cl)ccc1Cl. The molecule has 2 fully saturated rings. The number of nitrogens with zero attached hydrogens (tertiary/aromatic N) is 1. The molecule has 0 radical (unpaired) electrons. The number of hydrogen-bond acceptors (Lipinski definition) is 2. The third kappa shape index (κ3) is 3.56. The fourth-order valence-electron chi connectivity index (χ4n) is 3.47. The Hall–Kier alpha value is -0.280. The maximum Gasteiger partial charge on any atom is 0.0452 e. The molecule has 21 heavy (non-hydrogen) atoms. The van der Waals surface area contributed by atoms with E-state index in [1.807, 2.05) is 18.2 Å². The molecule has 116 valence electrons. The summed E-state index contributed by atoms with van der Waals surface area (Å²) in [6.45, 7) is 7.77. The molecular weight excluding hydrogens is 303 g/mol. The number of halogens is 2. The summed E-state index contributed by atoms with van der Waals surface area (Å²) < 4.78 is 0. The van der Waals surface area contributed by atoms with Gasteiger partial charge in [-0.15, -0.1) is 0 Å². The molecule has 2 atom stereocenters. The van der Waals surface area contributed by atoms with Crippen molar-refractivity contribution >= 4 is 23.2 Å². The van der Waals surface area contributed by atoms with E-state index in [-0.39, 0.29) is 5.54 Å². The van der Waals surface area contributed by atoms with Gasteiger partial charge in [0.25, 0.3) is 0 Å². The van der Waals surface area contributed by atoms with Crippen molar-refractivity contribution in [3.05, 3.63) is 33.8 Å². The van der Waals surface area contributed by atoms with Gasteiger partial charge in [-0.25, -0.2) is 0 Å². The fourth-order valence-corrected chi connectivity index (χ4v) is 3.84. The van der Waals surface area contributed by atoms with Gasteiger partial charge in [-0.3, -0.25) is 4.90 Å². The molecule has 0 aromatic heterocycles. The predicted molar refractivity (Wildman–Crippen MR) is 90.1 cm³/mol. The van der Waals surface area contributed by atoms with Gasteiger partial charge >= 0.3 is 0 Å². The Morgan fingerprint density at radius 3 is 2.76 bits per heavy atom. The van der Waals surface area contributed by atoms with Crippen molar-refractivity contribution in [3.63, 3.8) is 0 Å². The zero-order valence-electron chi connectivity index (χ0n) is 12.8. The molecule has 0 spiro atoms. The molecule has 0 bridgehead atoms. The Kier molecular flexibility index (Phi) is 4.52. The first-order chi connectivity index (χ1) is 9.98. The lowest BCUT2D eigenvalue weighted by Crippen LogP contribution is -2.51. The highest BCUT2D eigenvalue weighted by Crippen LogP contribution is 2.41. The molecule has 2 nitrogen and oxygen atoms in total. The third-order valence-electron chi connectivity index (χ3n) is 5.11. The Bertz CT molecular complexity index is 516. The molecule has 1 aliphatic heterocycles. The highest BCUT2D eigenvalue weighted by atomic mass is 35.5. The lowest BCUT2D eigenvalue weighted by atomic mass is 9.95. The highest BCUT2D eigenvalue weighted by molar-refractivity contribution is 6.33. The van der Waals surface area contributed by atoms with E-state index >= 15 is 0 Å². The molecule has 1 saturated carbocycles. The van der Waals surface area contributed by atoms with E-state index in [1.165, 1.54) is 19.3 Å². The van der Waals surface area contributed by atoms with Crippen molar-refractivity contribution in [3.8, 4) is 0 Å². The first-order valence-electron chi connectivity index (χ1n) is 7.91. The molecule has 1 N–H and O–H groups in total. The van der Waals surface area contributed by atoms with E-state index in [9.17, 15) is 0 Å². The van der Waals surface area contributed by atoms with Crippen LogP contribution in [0.15, 0.2) is 18.2 Å². The molecule has 1 heterocycles. The zero-order valence-corrected chi connectivity index (χ0v) is 14.3. The second kappa shape index (κ2) is 6.08. The minimum atomic E-state index is 0.246. The summed E-state index contributed by atoms with van der Waals surface area (Å²) in [4.78, 5) is 2.57. The van der Waals surface area contributed by atoms with Crippen LogP contribution in [0, 0.1) is 5.92 Å². The van der Waals surface area contributed by atoms with Gasteiger partial charge in [0.15, 0.2) is 0 Å². The maximum absolute atomic E-state index is 6.35. The topological polar surface area (TPSA) is 15.3 Å². The van der Waals surface area contributed by atoms with Crippen molar-refractivity contribution in [1.82, 2.24) is 10.2 Å². The van der Waals surface area contributed by atoms with E-state index in [0.29, 0.717) is 6.04 Å². The number of hydrogen-bond donors (Lipinski definition) is 1. The van der Waals surface area contributed by atoms with Crippen molar-refractivity contribution in [2.24, 2.45) is 5.92 Å². The van der Waals surface area contributed by atoms with Gasteiger partial charge in [0, 0.05) is 34.7 Å². The first-order valence-corrected chi connectivity index (χ1v) is 8.66. The Morgan fingerprint density at radius 2 is 2.05 bits per heavy atom. The van der Waals surface area contributed by atoms with E-state index in [0.717, 1.165) is 41.2 Å². The van der Waals surface area contributed by atoms with Gasteiger partial charge < -0.3 is 5.32 Å². The summed E-state index contributed by atoms with van der Waals surface area (Å²) in [5.74, 6) is 0.833. The van der Waals surface area contributed by atoms with Gasteiger partial charge in [-0.2, -0.15) is 0 Å². The summed E-state index contributed by atoms with van der Waals surface area (Å²) in [6.07, 6.45) is 3.91. The van der Waals surface area contributed by atoms with E-state index in [2.05, 4.69) is 24.1 Å². The molecule has 1 saturated heterocycles. The van der Waals surface area contributed by atoms with Crippen molar-refractivity contribution in [2.45, 2.75) is 51.2 Å². The maximum atomic E-state index is 6.35. The molecule has 4 heteroatoms. The van der Waals surface area contributed by atoms with Crippen LogP contribution >= 0.6 is 23.2 Å². The lowest BCUT2D eigenvalue weighted by molar-refractivity contribution is 0.155. The summed E-state index contributed by atoms with van der Waals surface area (Å²) in [6, 6.07) is 6.33. The fraction of sp³-hybridized carbons (Fsp3) is 0.647. The van der Waals surface area contributed by atoms with Crippen molar-refractivity contribution in [2.75, 3.05) is 13.1 Å². The smallest absolute Gasteiger partial charge is 0.0452 e. The molecule has 1 aliphatic carbocycles. The quantitative estimate of drug-likeness (QED) is 0.888. The van der Waals surface area contributed by atoms with E-state index < -0.39 is 0 Å². The van der Waals surface area contributed by atoms with Gasteiger partial charge in [-0.05, 0) is 69.3 Å². The number of nitrogens with one attached hydrogen (secondary N) is 1. The van der Waals surface area contributed by atoms with Gasteiger partial charge in [0.05, 0.1) is 0 Å². The molecular formula is C17H24Cl2N2. The van der Waals surface area contributed by atoms with Crippen LogP contribution < -0.4 is 5.32 Å². The van der Waals surface area contributed by atoms with Crippen molar-refractivity contribution in [1.29, 1.82) is 0 Å². The summed E-state index contributed by atoms with van der Waals surface area (Å²) in [5.41, 5.74) is 1.38. The average Bonchev–Trinajstić information content (AvgIpc) is 3.26. The van der Waals surface area contributed by atoms with Crippen LogP contribution in [-0.2, 0) is 6.54 Å². The molecule has 0 amide bonds. The van der Waals surface area contributed by atoms with Crippen LogP contribution in [0.4, 0.5) is 0 Å². The summed E-state index contributed by atoms with van der Waals surface area (Å²) >= 11 is 12.5. The minimum Gasteiger partial charge on any atom is -0.310 e. The van der Waals surface area contributed by atoms with E-state index in [4.69, 9.17) is 23.2 Å². The van der Waals surface area contributed by atoms with Crippen LogP contribution in [0.5, 0.6) is 0 Å². The van der Waals surface area contributed by atoms with Crippen LogP contribution in [0.1, 0.15) is 38.7 Å². The molecule has 2 unspecified atom stereocenters. The zero-order chi connectivity index (χ0) is 15.0. The second-order valence-corrected chi connectivity index (χ2v) is 7.74. The summed E-state index contributed by atoms with van der Waals surface area (Å²) in [7, 11) is 0. The van der Waals surface area contributed by atoms with Crippen molar-refractivity contribution < 1.29 is 0 Å².